The Bertz CT molecular complexity index is 151. The highest BCUT2D eigenvalue weighted by atomic mass is 16.1. The van der Waals surface area contributed by atoms with Crippen molar-refractivity contribution in [3.63, 3.8) is 0 Å². The summed E-state index contributed by atoms with van der Waals surface area (Å²) >= 11 is 0. The highest BCUT2D eigenvalue weighted by Crippen LogP contribution is 2.14. The molecule has 0 spiro atoms. The topological polar surface area (TPSA) is 32.3 Å². The van der Waals surface area contributed by atoms with Crippen LogP contribution < -0.4 is 5.32 Å². The molecule has 76 valence electrons. The molecule has 0 atom stereocenters. The zero-order valence-corrected chi connectivity index (χ0v) is 8.62. The predicted molar refractivity (Wildman–Crippen MR) is 53.5 cm³/mol. The van der Waals surface area contributed by atoms with E-state index in [1.54, 1.807) is 0 Å². The third-order valence-electron chi connectivity index (χ3n) is 2.61. The second-order valence-electron chi connectivity index (χ2n) is 4.15. The van der Waals surface area contributed by atoms with E-state index in [2.05, 4.69) is 19.2 Å². The molecule has 0 aliphatic carbocycles. The van der Waals surface area contributed by atoms with Gasteiger partial charge >= 0.3 is 0 Å². The van der Waals surface area contributed by atoms with E-state index in [-0.39, 0.29) is 0 Å². The van der Waals surface area contributed by atoms with Crippen LogP contribution in [0.15, 0.2) is 0 Å². The largest absolute Gasteiger partial charge is 0.345 e. The first-order valence-electron chi connectivity index (χ1n) is 5.15. The maximum Gasteiger partial charge on any atom is 0.209 e. The van der Waals surface area contributed by atoms with Gasteiger partial charge in [0.25, 0.3) is 0 Å². The van der Waals surface area contributed by atoms with Gasteiger partial charge in [-0.25, -0.2) is 0 Å². The Labute approximate surface area is 80.5 Å². The van der Waals surface area contributed by atoms with E-state index in [0.717, 1.165) is 44.8 Å². The second kappa shape index (κ2) is 5.22. The molecule has 0 saturated carbocycles. The fourth-order valence-electron chi connectivity index (χ4n) is 1.66. The highest BCUT2D eigenvalue weighted by Gasteiger charge is 2.17. The van der Waals surface area contributed by atoms with Gasteiger partial charge < -0.3 is 10.2 Å². The van der Waals surface area contributed by atoms with Crippen LogP contribution in [0.5, 0.6) is 0 Å². The highest BCUT2D eigenvalue weighted by molar-refractivity contribution is 5.47. The van der Waals surface area contributed by atoms with Gasteiger partial charge in [0.1, 0.15) is 0 Å². The maximum absolute atomic E-state index is 10.4. The summed E-state index contributed by atoms with van der Waals surface area (Å²) in [5.41, 5.74) is 0. The summed E-state index contributed by atoms with van der Waals surface area (Å²) in [5.74, 6) is 0.763. The zero-order valence-electron chi connectivity index (χ0n) is 8.62. The predicted octanol–water partition coefficient (Wildman–Crippen LogP) is 0.853. The normalized spacial score (nSPS) is 19.5. The molecule has 1 rings (SSSR count). The molecule has 0 bridgehead atoms. The number of likely N-dealkylation sites (tertiary alicyclic amines) is 1. The van der Waals surface area contributed by atoms with Gasteiger partial charge in [0.2, 0.25) is 6.41 Å². The van der Waals surface area contributed by atoms with Gasteiger partial charge in [0, 0.05) is 19.1 Å². The molecule has 1 heterocycles. The van der Waals surface area contributed by atoms with E-state index >= 15 is 0 Å². The van der Waals surface area contributed by atoms with Crippen LogP contribution in [-0.4, -0.2) is 37.0 Å². The van der Waals surface area contributed by atoms with Gasteiger partial charge in [-0.15, -0.1) is 0 Å². The Kier molecular flexibility index (Phi) is 4.22. The van der Waals surface area contributed by atoms with Gasteiger partial charge in [-0.3, -0.25) is 4.79 Å². The van der Waals surface area contributed by atoms with Crippen molar-refractivity contribution in [2.45, 2.75) is 32.7 Å². The fraction of sp³-hybridized carbons (Fsp3) is 0.900. The first-order valence-corrected chi connectivity index (χ1v) is 5.15. The molecule has 0 aromatic heterocycles. The van der Waals surface area contributed by atoms with E-state index in [0.29, 0.717) is 6.04 Å². The summed E-state index contributed by atoms with van der Waals surface area (Å²) in [6.07, 6.45) is 3.27. The molecular formula is C10H20N2O. The number of nitrogens with zero attached hydrogens (tertiary/aromatic N) is 1. The fourth-order valence-corrected chi connectivity index (χ4v) is 1.66. The minimum Gasteiger partial charge on any atom is -0.345 e. The van der Waals surface area contributed by atoms with Crippen LogP contribution >= 0.6 is 0 Å². The Morgan fingerprint density at radius 1 is 1.46 bits per heavy atom. The second-order valence-corrected chi connectivity index (χ2v) is 4.15. The summed E-state index contributed by atoms with van der Waals surface area (Å²) in [4.78, 5) is 12.3. The van der Waals surface area contributed by atoms with Crippen molar-refractivity contribution in [3.05, 3.63) is 0 Å². The maximum atomic E-state index is 10.4. The molecule has 1 fully saturated rings. The Morgan fingerprint density at radius 3 is 2.54 bits per heavy atom. The quantitative estimate of drug-likeness (QED) is 0.657. The summed E-state index contributed by atoms with van der Waals surface area (Å²) in [7, 11) is 0. The van der Waals surface area contributed by atoms with Gasteiger partial charge in [0.15, 0.2) is 0 Å². The third-order valence-corrected chi connectivity index (χ3v) is 2.61. The van der Waals surface area contributed by atoms with Crippen LogP contribution in [0.25, 0.3) is 0 Å². The number of amides is 1. The number of carbonyl (C=O) groups is 1. The molecule has 0 radical (unpaired) electrons. The Balaban J connectivity index is 2.14. The Hall–Kier alpha value is -0.570. The zero-order chi connectivity index (χ0) is 9.68. The van der Waals surface area contributed by atoms with Crippen molar-refractivity contribution in [2.24, 2.45) is 5.92 Å². The van der Waals surface area contributed by atoms with E-state index in [1.165, 1.54) is 0 Å². The molecule has 0 unspecified atom stereocenters. The first kappa shape index (κ1) is 10.5. The van der Waals surface area contributed by atoms with E-state index < -0.39 is 0 Å². The Morgan fingerprint density at radius 2 is 2.08 bits per heavy atom. The molecule has 1 amide bonds. The minimum atomic E-state index is 0.573. The van der Waals surface area contributed by atoms with Crippen molar-refractivity contribution < 1.29 is 4.79 Å². The molecule has 3 nitrogen and oxygen atoms in total. The summed E-state index contributed by atoms with van der Waals surface area (Å²) in [6, 6.07) is 0.573. The van der Waals surface area contributed by atoms with Gasteiger partial charge in [-0.2, -0.15) is 0 Å². The smallest absolute Gasteiger partial charge is 0.209 e. The molecular weight excluding hydrogens is 164 g/mol. The summed E-state index contributed by atoms with van der Waals surface area (Å²) in [6.45, 7) is 7.31. The van der Waals surface area contributed by atoms with E-state index in [4.69, 9.17) is 0 Å². The standard InChI is InChI=1S/C10H20N2O/c1-9(2)11-7-10-3-5-12(8-13)6-4-10/h8-11H,3-7H2,1-2H3. The molecule has 13 heavy (non-hydrogen) atoms. The van der Waals surface area contributed by atoms with Crippen molar-refractivity contribution in [2.75, 3.05) is 19.6 Å². The van der Waals surface area contributed by atoms with E-state index in [9.17, 15) is 4.79 Å². The number of hydrogen-bond donors (Lipinski definition) is 1. The first-order chi connectivity index (χ1) is 6.22. The number of carbonyl (C=O) groups excluding carboxylic acids is 1. The summed E-state index contributed by atoms with van der Waals surface area (Å²) < 4.78 is 0. The van der Waals surface area contributed by atoms with Gasteiger partial charge in [0.05, 0.1) is 0 Å². The molecule has 1 N–H and O–H groups in total. The van der Waals surface area contributed by atoms with Crippen LogP contribution in [-0.2, 0) is 4.79 Å². The molecule has 0 aromatic rings. The average Bonchev–Trinajstić information content (AvgIpc) is 2.15. The lowest BCUT2D eigenvalue weighted by Crippen LogP contribution is -2.37. The molecule has 0 aromatic carbocycles. The molecule has 1 aliphatic rings. The molecule has 1 saturated heterocycles. The SMILES string of the molecule is CC(C)NCC1CCN(C=O)CC1. The van der Waals surface area contributed by atoms with Gasteiger partial charge in [-0.1, -0.05) is 13.8 Å². The molecule has 1 aliphatic heterocycles. The van der Waals surface area contributed by atoms with Crippen LogP contribution in [0.3, 0.4) is 0 Å². The number of piperidine rings is 1. The van der Waals surface area contributed by atoms with Crippen LogP contribution in [0.4, 0.5) is 0 Å². The average molecular weight is 184 g/mol. The van der Waals surface area contributed by atoms with Crippen LogP contribution in [0.1, 0.15) is 26.7 Å². The lowest BCUT2D eigenvalue weighted by molar-refractivity contribution is -0.119. The number of rotatable bonds is 4. The van der Waals surface area contributed by atoms with Crippen molar-refractivity contribution in [1.82, 2.24) is 10.2 Å². The minimum absolute atomic E-state index is 0.573. The number of hydrogen-bond acceptors (Lipinski definition) is 2. The van der Waals surface area contributed by atoms with Crippen molar-refractivity contribution >= 4 is 6.41 Å². The van der Waals surface area contributed by atoms with Crippen LogP contribution in [0, 0.1) is 5.92 Å². The lowest BCUT2D eigenvalue weighted by atomic mass is 9.97. The van der Waals surface area contributed by atoms with Gasteiger partial charge in [-0.05, 0) is 25.3 Å². The van der Waals surface area contributed by atoms with Crippen molar-refractivity contribution in [1.29, 1.82) is 0 Å². The number of nitrogens with one attached hydrogen (secondary N) is 1. The monoisotopic (exact) mass is 184 g/mol. The van der Waals surface area contributed by atoms with Crippen LogP contribution in [0.2, 0.25) is 0 Å². The third kappa shape index (κ3) is 3.77. The van der Waals surface area contributed by atoms with Crippen molar-refractivity contribution in [3.8, 4) is 0 Å². The summed E-state index contributed by atoms with van der Waals surface area (Å²) in [5, 5.41) is 3.44. The molecule has 3 heteroatoms. The lowest BCUT2D eigenvalue weighted by Gasteiger charge is -2.29. The van der Waals surface area contributed by atoms with E-state index in [1.807, 2.05) is 4.90 Å².